The second kappa shape index (κ2) is 7.49. The third-order valence-electron chi connectivity index (χ3n) is 3.39. The Morgan fingerprint density at radius 2 is 1.68 bits per heavy atom. The molecule has 1 unspecified atom stereocenters. The van der Waals surface area contributed by atoms with E-state index in [1.807, 2.05) is 30.3 Å². The molecule has 0 spiro atoms. The quantitative estimate of drug-likeness (QED) is 0.821. The summed E-state index contributed by atoms with van der Waals surface area (Å²) >= 11 is 0. The molecule has 2 rings (SSSR count). The van der Waals surface area contributed by atoms with Crippen LogP contribution < -0.4 is 4.72 Å². The molecule has 0 aliphatic rings. The summed E-state index contributed by atoms with van der Waals surface area (Å²) in [6, 6.07) is 14.6. The van der Waals surface area contributed by atoms with E-state index in [4.69, 9.17) is 5.11 Å². The number of halogens is 1. The van der Waals surface area contributed by atoms with Gasteiger partial charge in [-0.05, 0) is 30.0 Å². The minimum absolute atomic E-state index is 0.0546. The predicted molar refractivity (Wildman–Crippen MR) is 82.5 cm³/mol. The first-order valence-electron chi connectivity index (χ1n) is 6.94. The van der Waals surface area contributed by atoms with Gasteiger partial charge < -0.3 is 5.11 Å². The predicted octanol–water partition coefficient (Wildman–Crippen LogP) is 2.27. The van der Waals surface area contributed by atoms with Crippen LogP contribution in [-0.4, -0.2) is 26.7 Å². The number of benzene rings is 2. The maximum absolute atomic E-state index is 13.6. The van der Waals surface area contributed by atoms with Crippen LogP contribution in [0.5, 0.6) is 0 Å². The number of hydrogen-bond acceptors (Lipinski definition) is 3. The Bertz CT molecular complexity index is 704. The first kappa shape index (κ1) is 16.6. The van der Waals surface area contributed by atoms with Crippen LogP contribution in [0.4, 0.5) is 4.39 Å². The Hall–Kier alpha value is -1.76. The van der Waals surface area contributed by atoms with Gasteiger partial charge in [0.15, 0.2) is 0 Å². The van der Waals surface area contributed by atoms with Crippen LogP contribution in [0, 0.1) is 5.82 Å². The molecule has 0 amide bonds. The number of sulfonamides is 1. The molecule has 118 valence electrons. The van der Waals surface area contributed by atoms with Crippen molar-refractivity contribution in [1.82, 2.24) is 4.72 Å². The average molecular weight is 323 g/mol. The van der Waals surface area contributed by atoms with E-state index in [-0.39, 0.29) is 24.0 Å². The largest absolute Gasteiger partial charge is 0.396 e. The van der Waals surface area contributed by atoms with Crippen molar-refractivity contribution in [1.29, 1.82) is 0 Å². The lowest BCUT2D eigenvalue weighted by Crippen LogP contribution is -2.29. The summed E-state index contributed by atoms with van der Waals surface area (Å²) in [5, 5.41) is 9.15. The molecule has 0 radical (unpaired) electrons. The molecule has 0 heterocycles. The highest BCUT2D eigenvalue weighted by Crippen LogP contribution is 2.20. The summed E-state index contributed by atoms with van der Waals surface area (Å²) in [4.78, 5) is -0.370. The smallest absolute Gasteiger partial charge is 0.243 e. The first-order chi connectivity index (χ1) is 10.5. The van der Waals surface area contributed by atoms with Crippen molar-refractivity contribution < 1.29 is 17.9 Å². The van der Waals surface area contributed by atoms with Crippen LogP contribution in [0.2, 0.25) is 0 Å². The standard InChI is InChI=1S/C16H18FNO3S/c17-15-8-4-5-9-16(15)22(20,21)18-12-14(10-11-19)13-6-2-1-3-7-13/h1-9,14,18-19H,10-12H2. The summed E-state index contributed by atoms with van der Waals surface area (Å²) in [6.45, 7) is 0.0439. The van der Waals surface area contributed by atoms with Gasteiger partial charge in [0.1, 0.15) is 10.7 Å². The number of aliphatic hydroxyl groups is 1. The Morgan fingerprint density at radius 1 is 1.05 bits per heavy atom. The molecule has 0 saturated carbocycles. The van der Waals surface area contributed by atoms with Gasteiger partial charge in [-0.3, -0.25) is 0 Å². The van der Waals surface area contributed by atoms with Gasteiger partial charge in [0, 0.05) is 13.2 Å². The fourth-order valence-electron chi connectivity index (χ4n) is 2.22. The van der Waals surface area contributed by atoms with E-state index >= 15 is 0 Å². The van der Waals surface area contributed by atoms with E-state index in [0.29, 0.717) is 6.42 Å². The molecular weight excluding hydrogens is 305 g/mol. The Labute approximate surface area is 129 Å². The third kappa shape index (κ3) is 4.13. The van der Waals surface area contributed by atoms with Crippen molar-refractivity contribution >= 4 is 10.0 Å². The van der Waals surface area contributed by atoms with Crippen LogP contribution in [0.15, 0.2) is 59.5 Å². The Kier molecular flexibility index (Phi) is 5.65. The van der Waals surface area contributed by atoms with Crippen molar-refractivity contribution in [3.63, 3.8) is 0 Å². The molecule has 0 fully saturated rings. The topological polar surface area (TPSA) is 66.4 Å². The van der Waals surface area contributed by atoms with Crippen molar-refractivity contribution in [3.8, 4) is 0 Å². The Balaban J connectivity index is 2.14. The van der Waals surface area contributed by atoms with E-state index in [1.54, 1.807) is 0 Å². The van der Waals surface area contributed by atoms with E-state index < -0.39 is 15.8 Å². The van der Waals surface area contributed by atoms with Crippen LogP contribution in [0.25, 0.3) is 0 Å². The highest BCUT2D eigenvalue weighted by atomic mass is 32.2. The molecule has 6 heteroatoms. The fourth-order valence-corrected chi connectivity index (χ4v) is 3.38. The van der Waals surface area contributed by atoms with Crippen LogP contribution in [0.1, 0.15) is 17.9 Å². The lowest BCUT2D eigenvalue weighted by molar-refractivity contribution is 0.275. The van der Waals surface area contributed by atoms with Gasteiger partial charge in [-0.1, -0.05) is 42.5 Å². The van der Waals surface area contributed by atoms with E-state index in [2.05, 4.69) is 4.72 Å². The zero-order valence-electron chi connectivity index (χ0n) is 11.9. The van der Waals surface area contributed by atoms with Crippen molar-refractivity contribution in [2.75, 3.05) is 13.2 Å². The van der Waals surface area contributed by atoms with Gasteiger partial charge in [-0.15, -0.1) is 0 Å². The van der Waals surface area contributed by atoms with Crippen LogP contribution >= 0.6 is 0 Å². The van der Waals surface area contributed by atoms with Gasteiger partial charge in [0.2, 0.25) is 10.0 Å². The summed E-state index contributed by atoms with van der Waals surface area (Å²) in [6.07, 6.45) is 0.420. The molecule has 0 aliphatic carbocycles. The third-order valence-corrected chi connectivity index (χ3v) is 4.85. The van der Waals surface area contributed by atoms with Gasteiger partial charge in [0.05, 0.1) is 0 Å². The van der Waals surface area contributed by atoms with Crippen LogP contribution in [-0.2, 0) is 10.0 Å². The fraction of sp³-hybridized carbons (Fsp3) is 0.250. The summed E-state index contributed by atoms with van der Waals surface area (Å²) in [5.74, 6) is -0.957. The van der Waals surface area contributed by atoms with Gasteiger partial charge in [-0.2, -0.15) is 0 Å². The summed E-state index contributed by atoms with van der Waals surface area (Å²) < 4.78 is 40.4. The van der Waals surface area contributed by atoms with E-state index in [1.165, 1.54) is 18.2 Å². The second-order valence-corrected chi connectivity index (χ2v) is 6.64. The van der Waals surface area contributed by atoms with Gasteiger partial charge in [0.25, 0.3) is 0 Å². The summed E-state index contributed by atoms with van der Waals surface area (Å²) in [7, 11) is -3.92. The number of aliphatic hydroxyl groups excluding tert-OH is 1. The molecule has 2 N–H and O–H groups in total. The lowest BCUT2D eigenvalue weighted by Gasteiger charge is -2.17. The SMILES string of the molecule is O=S(=O)(NCC(CCO)c1ccccc1)c1ccccc1F. The molecule has 4 nitrogen and oxygen atoms in total. The van der Waals surface area contributed by atoms with E-state index in [0.717, 1.165) is 11.6 Å². The van der Waals surface area contributed by atoms with Crippen molar-refractivity contribution in [3.05, 3.63) is 66.0 Å². The minimum atomic E-state index is -3.92. The molecule has 22 heavy (non-hydrogen) atoms. The zero-order valence-corrected chi connectivity index (χ0v) is 12.8. The maximum Gasteiger partial charge on any atom is 0.243 e. The molecule has 1 atom stereocenters. The minimum Gasteiger partial charge on any atom is -0.396 e. The Morgan fingerprint density at radius 3 is 2.32 bits per heavy atom. The molecular formula is C16H18FNO3S. The highest BCUT2D eigenvalue weighted by Gasteiger charge is 2.20. The second-order valence-electron chi connectivity index (χ2n) is 4.90. The van der Waals surface area contributed by atoms with Crippen molar-refractivity contribution in [2.24, 2.45) is 0 Å². The number of rotatable bonds is 7. The van der Waals surface area contributed by atoms with Gasteiger partial charge in [-0.25, -0.2) is 17.5 Å². The van der Waals surface area contributed by atoms with Gasteiger partial charge >= 0.3 is 0 Å². The maximum atomic E-state index is 13.6. The number of nitrogens with one attached hydrogen (secondary N) is 1. The van der Waals surface area contributed by atoms with Crippen molar-refractivity contribution in [2.45, 2.75) is 17.2 Å². The molecule has 0 bridgehead atoms. The zero-order chi connectivity index (χ0) is 16.0. The molecule has 0 aliphatic heterocycles. The normalized spacial score (nSPS) is 13.0. The first-order valence-corrected chi connectivity index (χ1v) is 8.43. The van der Waals surface area contributed by atoms with Crippen LogP contribution in [0.3, 0.4) is 0 Å². The monoisotopic (exact) mass is 323 g/mol. The molecule has 2 aromatic rings. The molecule has 2 aromatic carbocycles. The van der Waals surface area contributed by atoms with E-state index in [9.17, 15) is 12.8 Å². The number of hydrogen-bond donors (Lipinski definition) is 2. The molecule has 0 aromatic heterocycles. The lowest BCUT2D eigenvalue weighted by atomic mass is 9.96. The average Bonchev–Trinajstić information content (AvgIpc) is 2.52. The summed E-state index contributed by atoms with van der Waals surface area (Å²) in [5.41, 5.74) is 0.924. The molecule has 0 saturated heterocycles. The highest BCUT2D eigenvalue weighted by molar-refractivity contribution is 7.89.